The Kier molecular flexibility index (Phi) is 6.01. The van der Waals surface area contributed by atoms with Crippen molar-refractivity contribution in [3.8, 4) is 16.9 Å². The molecule has 140 valence electrons. The number of carbonyl (C=O) groups excluding carboxylic acids is 1. The molecule has 2 aromatic carbocycles. The predicted molar refractivity (Wildman–Crippen MR) is 112 cm³/mol. The minimum Gasteiger partial charge on any atom is -0.353 e. The van der Waals surface area contributed by atoms with Crippen LogP contribution in [0.2, 0.25) is 0 Å². The summed E-state index contributed by atoms with van der Waals surface area (Å²) in [4.78, 5) is 16.7. The fraction of sp³-hybridized carbons (Fsp3) is 0.273. The normalized spacial score (nSPS) is 11.0. The van der Waals surface area contributed by atoms with Gasteiger partial charge >= 0.3 is 0 Å². The van der Waals surface area contributed by atoms with Gasteiger partial charge in [-0.15, -0.1) is 0 Å². The number of aryl methyl sites for hydroxylation is 2. The van der Waals surface area contributed by atoms with Crippen molar-refractivity contribution in [3.05, 3.63) is 65.9 Å². The second-order valence-corrected chi connectivity index (χ2v) is 7.92. The van der Waals surface area contributed by atoms with Gasteiger partial charge in [0.1, 0.15) is 0 Å². The molecule has 3 aromatic rings. The molecule has 0 saturated heterocycles. The molecule has 1 aromatic heterocycles. The second kappa shape index (κ2) is 8.44. The van der Waals surface area contributed by atoms with E-state index in [1.54, 1.807) is 0 Å². The molecule has 0 aliphatic heterocycles. The van der Waals surface area contributed by atoms with Gasteiger partial charge < -0.3 is 5.32 Å². The van der Waals surface area contributed by atoms with Gasteiger partial charge in [-0.25, -0.2) is 4.98 Å². The van der Waals surface area contributed by atoms with Crippen LogP contribution in [0, 0.1) is 13.8 Å². The minimum atomic E-state index is 0.0188. The monoisotopic (exact) mass is 379 g/mol. The van der Waals surface area contributed by atoms with Crippen LogP contribution in [0.15, 0.2) is 59.9 Å². The van der Waals surface area contributed by atoms with Crippen molar-refractivity contribution in [2.24, 2.45) is 0 Å². The maximum atomic E-state index is 12.1. The Morgan fingerprint density at radius 2 is 1.63 bits per heavy atom. The number of imidazole rings is 1. The van der Waals surface area contributed by atoms with E-state index in [0.717, 1.165) is 22.1 Å². The maximum Gasteiger partial charge on any atom is 0.230 e. The van der Waals surface area contributed by atoms with Gasteiger partial charge in [-0.3, -0.25) is 9.36 Å². The maximum absolute atomic E-state index is 12.1. The van der Waals surface area contributed by atoms with Gasteiger partial charge in [0, 0.05) is 17.3 Å². The summed E-state index contributed by atoms with van der Waals surface area (Å²) >= 11 is 1.45. The quantitative estimate of drug-likeness (QED) is 0.628. The van der Waals surface area contributed by atoms with Gasteiger partial charge in [0.15, 0.2) is 5.16 Å². The molecule has 0 bridgehead atoms. The Morgan fingerprint density at radius 3 is 2.22 bits per heavy atom. The molecule has 0 spiro atoms. The van der Waals surface area contributed by atoms with E-state index >= 15 is 0 Å². The number of amides is 1. The highest BCUT2D eigenvalue weighted by molar-refractivity contribution is 7.99. The third kappa shape index (κ3) is 4.80. The van der Waals surface area contributed by atoms with Gasteiger partial charge in [-0.05, 0) is 39.8 Å². The van der Waals surface area contributed by atoms with E-state index < -0.39 is 0 Å². The topological polar surface area (TPSA) is 46.9 Å². The van der Waals surface area contributed by atoms with E-state index in [1.165, 1.54) is 22.9 Å². The minimum absolute atomic E-state index is 0.0188. The molecule has 0 aliphatic rings. The number of rotatable bonds is 6. The average molecular weight is 380 g/mol. The number of nitrogens with one attached hydrogen (secondary N) is 1. The van der Waals surface area contributed by atoms with Crippen LogP contribution in [-0.2, 0) is 4.79 Å². The number of hydrogen-bond donors (Lipinski definition) is 1. The standard InChI is InChI=1S/C22H25N3OS/c1-15(2)24-21(26)14-27-22-23-13-20(18-9-5-16(3)6-10-18)25(22)19-11-7-17(4)8-12-19/h5-13,15H,14H2,1-4H3,(H,24,26). The molecule has 0 atom stereocenters. The van der Waals surface area contributed by atoms with E-state index in [1.807, 2.05) is 20.0 Å². The fourth-order valence-corrected chi connectivity index (χ4v) is 3.61. The zero-order valence-corrected chi connectivity index (χ0v) is 17.0. The molecule has 1 amide bonds. The van der Waals surface area contributed by atoms with Crippen LogP contribution < -0.4 is 5.32 Å². The Hall–Kier alpha value is -2.53. The van der Waals surface area contributed by atoms with Crippen LogP contribution in [0.1, 0.15) is 25.0 Å². The molecular weight excluding hydrogens is 354 g/mol. The number of thioether (sulfide) groups is 1. The number of carbonyl (C=O) groups is 1. The largest absolute Gasteiger partial charge is 0.353 e. The van der Waals surface area contributed by atoms with Crippen LogP contribution in [0.5, 0.6) is 0 Å². The van der Waals surface area contributed by atoms with E-state index in [-0.39, 0.29) is 11.9 Å². The summed E-state index contributed by atoms with van der Waals surface area (Å²) in [5, 5.41) is 3.74. The van der Waals surface area contributed by atoms with Crippen molar-refractivity contribution in [1.82, 2.24) is 14.9 Å². The van der Waals surface area contributed by atoms with Crippen molar-refractivity contribution in [1.29, 1.82) is 0 Å². The summed E-state index contributed by atoms with van der Waals surface area (Å²) in [5.74, 6) is 0.360. The second-order valence-electron chi connectivity index (χ2n) is 6.97. The van der Waals surface area contributed by atoms with Crippen LogP contribution in [0.3, 0.4) is 0 Å². The predicted octanol–water partition coefficient (Wildman–Crippen LogP) is 4.77. The van der Waals surface area contributed by atoms with Crippen LogP contribution in [0.25, 0.3) is 16.9 Å². The number of aromatic nitrogens is 2. The molecule has 5 heteroatoms. The first kappa shape index (κ1) is 19.2. The molecule has 0 saturated carbocycles. The fourth-order valence-electron chi connectivity index (χ4n) is 2.80. The van der Waals surface area contributed by atoms with Crippen molar-refractivity contribution in [2.45, 2.75) is 38.9 Å². The Bertz CT molecular complexity index is 912. The third-order valence-electron chi connectivity index (χ3n) is 4.15. The Balaban J connectivity index is 1.97. The molecule has 0 radical (unpaired) electrons. The average Bonchev–Trinajstić information content (AvgIpc) is 3.04. The molecule has 1 N–H and O–H groups in total. The zero-order chi connectivity index (χ0) is 19.4. The third-order valence-corrected chi connectivity index (χ3v) is 5.10. The number of nitrogens with zero attached hydrogens (tertiary/aromatic N) is 2. The summed E-state index contributed by atoms with van der Waals surface area (Å²) in [6, 6.07) is 16.9. The zero-order valence-electron chi connectivity index (χ0n) is 16.2. The van der Waals surface area contributed by atoms with E-state index in [0.29, 0.717) is 5.75 Å². The number of hydrogen-bond acceptors (Lipinski definition) is 3. The highest BCUT2D eigenvalue weighted by Gasteiger charge is 2.15. The van der Waals surface area contributed by atoms with Crippen LogP contribution in [-0.4, -0.2) is 27.3 Å². The first-order valence-corrected chi connectivity index (χ1v) is 10.1. The van der Waals surface area contributed by atoms with Gasteiger partial charge in [0.2, 0.25) is 5.91 Å². The van der Waals surface area contributed by atoms with Gasteiger partial charge in [0.05, 0.1) is 17.6 Å². The molecule has 1 heterocycles. The molecule has 0 aliphatic carbocycles. The van der Waals surface area contributed by atoms with E-state index in [4.69, 9.17) is 0 Å². The Morgan fingerprint density at radius 1 is 1.04 bits per heavy atom. The summed E-state index contributed by atoms with van der Waals surface area (Å²) in [6.45, 7) is 8.08. The smallest absolute Gasteiger partial charge is 0.230 e. The van der Waals surface area contributed by atoms with Gasteiger partial charge in [-0.2, -0.15) is 0 Å². The van der Waals surface area contributed by atoms with Crippen molar-refractivity contribution >= 4 is 17.7 Å². The molecule has 27 heavy (non-hydrogen) atoms. The molecule has 0 unspecified atom stereocenters. The summed E-state index contributed by atoms with van der Waals surface area (Å²) in [6.07, 6.45) is 1.88. The van der Waals surface area contributed by atoms with E-state index in [9.17, 15) is 4.79 Å². The first-order chi connectivity index (χ1) is 12.9. The van der Waals surface area contributed by atoms with Crippen molar-refractivity contribution in [2.75, 3.05) is 5.75 Å². The van der Waals surface area contributed by atoms with Crippen molar-refractivity contribution in [3.63, 3.8) is 0 Å². The van der Waals surface area contributed by atoms with Crippen LogP contribution >= 0.6 is 11.8 Å². The highest BCUT2D eigenvalue weighted by atomic mass is 32.2. The number of benzene rings is 2. The first-order valence-electron chi connectivity index (χ1n) is 9.08. The van der Waals surface area contributed by atoms with Gasteiger partial charge in [0.25, 0.3) is 0 Å². The summed E-state index contributed by atoms with van der Waals surface area (Å²) < 4.78 is 2.12. The Labute approximate surface area is 165 Å². The molecule has 0 fully saturated rings. The lowest BCUT2D eigenvalue weighted by Gasteiger charge is -2.13. The highest BCUT2D eigenvalue weighted by Crippen LogP contribution is 2.30. The molecular formula is C22H25N3OS. The SMILES string of the molecule is Cc1ccc(-c2cnc(SCC(=O)NC(C)C)n2-c2ccc(C)cc2)cc1. The lowest BCUT2D eigenvalue weighted by Crippen LogP contribution is -2.31. The van der Waals surface area contributed by atoms with Gasteiger partial charge in [-0.1, -0.05) is 59.3 Å². The molecule has 4 nitrogen and oxygen atoms in total. The van der Waals surface area contributed by atoms with Crippen LogP contribution in [0.4, 0.5) is 0 Å². The molecule has 3 rings (SSSR count). The summed E-state index contributed by atoms with van der Waals surface area (Å²) in [5.41, 5.74) is 5.60. The van der Waals surface area contributed by atoms with E-state index in [2.05, 4.69) is 77.2 Å². The lowest BCUT2D eigenvalue weighted by atomic mass is 10.1. The van der Waals surface area contributed by atoms with Crippen molar-refractivity contribution < 1.29 is 4.79 Å². The summed E-state index contributed by atoms with van der Waals surface area (Å²) in [7, 11) is 0. The lowest BCUT2D eigenvalue weighted by molar-refractivity contribution is -0.119.